The van der Waals surface area contributed by atoms with Crippen LogP contribution in [0.4, 0.5) is 0 Å². The summed E-state index contributed by atoms with van der Waals surface area (Å²) in [5, 5.41) is 46.3. The Morgan fingerprint density at radius 1 is 0.634 bits per heavy atom. The smallest absolute Gasteiger partial charge is 0.284 e. The van der Waals surface area contributed by atoms with E-state index in [2.05, 4.69) is 92.1 Å². The first-order valence-electron chi connectivity index (χ1n) is 34.6. The molecule has 0 bridgehead atoms. The Bertz CT molecular complexity index is 5770. The van der Waals surface area contributed by atoms with Gasteiger partial charge < -0.3 is 42.3 Å². The molecule has 8 aromatic carbocycles. The largest absolute Gasteiger partial charge is 0.507 e. The second kappa shape index (κ2) is 41.6. The lowest BCUT2D eigenvalue weighted by atomic mass is 10.0. The van der Waals surface area contributed by atoms with Gasteiger partial charge in [0.2, 0.25) is 11.6 Å². The quantitative estimate of drug-likeness (QED) is 0.0178. The van der Waals surface area contributed by atoms with E-state index >= 15 is 0 Å². The number of thioether (sulfide) groups is 1. The predicted molar refractivity (Wildman–Crippen MR) is 455 cm³/mol. The first-order valence-corrected chi connectivity index (χ1v) is 38.8. The molecule has 0 spiro atoms. The number of nitrogens with zero attached hydrogens (tertiary/aromatic N) is 10. The fourth-order valence-electron chi connectivity index (χ4n) is 10.8. The number of aromatic hydroxyl groups is 1. The number of nitrogens with one attached hydrogen (secondary N) is 7. The maximum atomic E-state index is 9.96. The molecule has 32 heteroatoms. The van der Waals surface area contributed by atoms with Crippen molar-refractivity contribution >= 4 is 113 Å². The summed E-state index contributed by atoms with van der Waals surface area (Å²) in [5.41, 5.74) is 15.5. The Kier molecular flexibility index (Phi) is 30.8. The zero-order valence-electron chi connectivity index (χ0n) is 62.0. The number of allylic oxidation sites excluding steroid dienone is 1. The number of fused-ring (bicyclic) bond motifs is 1. The number of ether oxygens (including phenoxy) is 5. The van der Waals surface area contributed by atoms with Crippen LogP contribution in [-0.4, -0.2) is 108 Å². The number of phenolic OH excluding ortho intramolecular Hbond substituents is 1. The minimum absolute atomic E-state index is 0.191. The van der Waals surface area contributed by atoms with Gasteiger partial charge in [-0.05, 0) is 171 Å². The fourth-order valence-corrected chi connectivity index (χ4v) is 13.8. The average molecular weight is 1650 g/mol. The van der Waals surface area contributed by atoms with Gasteiger partial charge in [-0.25, -0.2) is 15.1 Å². The van der Waals surface area contributed by atoms with Gasteiger partial charge in [0.25, 0.3) is 4.84 Å². The number of para-hydroxylation sites is 3. The van der Waals surface area contributed by atoms with Gasteiger partial charge in [-0.2, -0.15) is 20.4 Å². The van der Waals surface area contributed by atoms with E-state index in [1.165, 1.54) is 16.9 Å². The molecule has 24 nitrogen and oxygen atoms in total. The summed E-state index contributed by atoms with van der Waals surface area (Å²) in [6.45, 7) is 15.2. The Morgan fingerprint density at radius 3 is 1.92 bits per heavy atom. The van der Waals surface area contributed by atoms with Crippen molar-refractivity contribution in [2.45, 2.75) is 69.5 Å². The highest BCUT2D eigenvalue weighted by Gasteiger charge is 2.20. The van der Waals surface area contributed by atoms with Crippen molar-refractivity contribution in [2.24, 2.45) is 12.0 Å². The van der Waals surface area contributed by atoms with Crippen molar-refractivity contribution < 1.29 is 33.2 Å². The minimum atomic E-state index is 0.191. The number of hydrogen-bond donors (Lipinski definition) is 8. The number of halogens is 1. The van der Waals surface area contributed by atoms with Crippen LogP contribution in [-0.2, 0) is 45.3 Å². The minimum Gasteiger partial charge on any atom is -0.507 e. The maximum Gasteiger partial charge on any atom is 0.284 e. The number of amidine groups is 1. The number of pyridine rings is 1. The summed E-state index contributed by atoms with van der Waals surface area (Å²) >= 11 is 34.6. The third-order valence-corrected chi connectivity index (χ3v) is 20.1. The van der Waals surface area contributed by atoms with Crippen molar-refractivity contribution in [1.29, 1.82) is 0 Å². The molecule has 0 fully saturated rings. The number of benzene rings is 8. The summed E-state index contributed by atoms with van der Waals surface area (Å²) in [7, 11) is 6.57. The van der Waals surface area contributed by atoms with E-state index in [1.54, 1.807) is 49.8 Å². The highest BCUT2D eigenvalue weighted by molar-refractivity contribution is 8.00. The fraction of sp³-hybridized carbons (Fsp3) is 0.175. The topological polar surface area (TPSA) is 287 Å². The molecule has 7 heterocycles. The van der Waals surface area contributed by atoms with Crippen LogP contribution in [0.1, 0.15) is 53.3 Å². The second-order valence-electron chi connectivity index (χ2n) is 24.3. The zero-order chi connectivity index (χ0) is 79.5. The number of aromatic nitrogens is 14. The Labute approximate surface area is 685 Å². The number of aromatic amines is 5. The molecule has 0 atom stereocenters. The van der Waals surface area contributed by atoms with Gasteiger partial charge in [0.05, 0.1) is 56.3 Å². The normalized spacial score (nSPS) is 11.1. The molecule has 0 aliphatic carbocycles. The lowest BCUT2D eigenvalue weighted by Gasteiger charge is -2.13. The second-order valence-corrected chi connectivity index (χ2v) is 29.2. The lowest BCUT2D eigenvalue weighted by Crippen LogP contribution is -2.29. The predicted octanol–water partition coefficient (Wildman–Crippen LogP) is 19.2. The average Bonchev–Trinajstić information content (AvgIpc) is 1.22. The molecule has 14 aromatic rings. The van der Waals surface area contributed by atoms with Crippen molar-refractivity contribution in [1.82, 2.24) is 80.5 Å². The Balaban J connectivity index is 0.000000143. The molecule has 1 aliphatic rings. The number of aryl methyl sites for hydroxylation is 3. The number of hydrazine groups is 1. The Hall–Kier alpha value is -11.4. The number of H-pyrrole nitrogens is 5. The summed E-state index contributed by atoms with van der Waals surface area (Å²) in [5.74, 6) is 8.55. The third-order valence-electron chi connectivity index (χ3n) is 16.3. The van der Waals surface area contributed by atoms with Crippen LogP contribution >= 0.6 is 95.8 Å². The summed E-state index contributed by atoms with van der Waals surface area (Å²) in [6, 6.07) is 64.6. The van der Waals surface area contributed by atoms with Crippen LogP contribution in [0.3, 0.4) is 0 Å². The molecular weight excluding hydrogens is 1570 g/mol. The van der Waals surface area contributed by atoms with Gasteiger partial charge in [0, 0.05) is 47.3 Å². The SMILES string of the molecule is C=C1N=C(c2cc(OC)c(OC)c(OC)c2)NN1.C=CCn1c(CCc2ccc(OC(C)C)cc2)n[nH]c1=S.Cc1ccccc1OCc1n[nH]c(=S)n1C.Oc1ccccc1-c1n[nH]c(=S)n1Cc1ccccc1.S=c1[nH]nc(-c2cc(-c3ccccc3)nc3ccccc23)o1.S=c1[nH]nc(SCc2ccccc2Cl)s1. The van der Waals surface area contributed by atoms with E-state index in [9.17, 15) is 5.11 Å². The highest BCUT2D eigenvalue weighted by atomic mass is 35.5. The molecule has 0 amide bonds. The molecule has 15 rings (SSSR count). The van der Waals surface area contributed by atoms with Crippen LogP contribution in [0.5, 0.6) is 34.5 Å². The monoisotopic (exact) mass is 1650 g/mol. The number of aliphatic imine (C=N–C) groups is 1. The standard InChI is InChI=1S/C17H11N3OS.C16H21N3OS.C15H13N3OS.C12H15N3O3.C11H13N3OS.C9H7ClN2S3/c22-17-20-19-16(21-17)13-10-15(11-6-2-1-3-7-11)18-14-9-5-4-8-12(13)14;1-4-11-19-15(17-18-16(19)21)10-7-13-5-8-14(9-6-13)20-12(2)3;19-13-9-5-4-8-12(13)14-16-17-15(20)18(14)10-11-6-2-1-3-7-11;1-7-13-12(15-14-7)8-5-9(16-2)11(18-4)10(6-8)17-3;1-8-5-3-4-6-9(8)15-7-10-12-13-11(16)14(10)2;10-7-4-2-1-3-6(7)5-14-9-12-11-8(13)15-9/h1-10H,(H,20,22);4-6,8-9,12H,1,7,10-11H2,2-3H3,(H,18,21);1-9,19H,10H2,(H,17,20);5-6,14H,1H2,2-4H3,(H,13,15);3-6H,7H2,1-2H3,(H,13,16);1-4H,5H2,(H,11,13). The third kappa shape index (κ3) is 23.3. The Morgan fingerprint density at radius 2 is 1.29 bits per heavy atom. The van der Waals surface area contributed by atoms with Gasteiger partial charge in [-0.1, -0.05) is 187 Å². The van der Waals surface area contributed by atoms with E-state index in [1.807, 2.05) is 219 Å². The maximum absolute atomic E-state index is 9.96. The van der Waals surface area contributed by atoms with Gasteiger partial charge >= 0.3 is 0 Å². The van der Waals surface area contributed by atoms with Crippen molar-refractivity contribution in [2.75, 3.05) is 21.3 Å². The first kappa shape index (κ1) is 83.1. The molecule has 576 valence electrons. The summed E-state index contributed by atoms with van der Waals surface area (Å²) in [4.78, 5) is 9.21. The summed E-state index contributed by atoms with van der Waals surface area (Å²) in [6.07, 6.45) is 3.78. The van der Waals surface area contributed by atoms with Crippen molar-refractivity contribution in [3.05, 3.63) is 293 Å². The van der Waals surface area contributed by atoms with Crippen molar-refractivity contribution in [3.63, 3.8) is 0 Å². The first-order chi connectivity index (χ1) is 54.3. The molecule has 0 unspecified atom stereocenters. The van der Waals surface area contributed by atoms with E-state index in [-0.39, 0.29) is 16.7 Å². The van der Waals surface area contributed by atoms with Crippen LogP contribution in [0, 0.1) is 30.0 Å². The van der Waals surface area contributed by atoms with Crippen LogP contribution in [0.25, 0.3) is 45.0 Å². The van der Waals surface area contributed by atoms with Gasteiger partial charge in [-0.15, -0.1) is 11.7 Å². The number of hydrogen-bond acceptors (Lipinski definition) is 23. The molecule has 112 heavy (non-hydrogen) atoms. The van der Waals surface area contributed by atoms with E-state index < -0.39 is 0 Å². The van der Waals surface area contributed by atoms with E-state index in [0.29, 0.717) is 84.1 Å². The summed E-state index contributed by atoms with van der Waals surface area (Å²) < 4.78 is 41.7. The molecule has 1 aliphatic heterocycles. The zero-order valence-corrected chi connectivity index (χ0v) is 68.4. The van der Waals surface area contributed by atoms with Crippen LogP contribution in [0.15, 0.2) is 239 Å². The molecule has 6 aromatic heterocycles. The van der Waals surface area contributed by atoms with Gasteiger partial charge in [0.15, 0.2) is 51.6 Å². The molecule has 0 saturated heterocycles. The molecule has 8 N–H and O–H groups in total. The lowest BCUT2D eigenvalue weighted by molar-refractivity contribution is 0.242. The van der Waals surface area contributed by atoms with Gasteiger partial charge in [-0.3, -0.25) is 35.8 Å². The number of methoxy groups -OCH3 is 3. The number of phenols is 1. The molecular formula is C80H80ClN17O7S7. The number of rotatable bonds is 22. The van der Waals surface area contributed by atoms with Crippen LogP contribution < -0.4 is 34.5 Å². The molecule has 0 radical (unpaired) electrons. The van der Waals surface area contributed by atoms with E-state index in [0.717, 1.165) is 101 Å². The highest BCUT2D eigenvalue weighted by Crippen LogP contribution is 2.39. The molecule has 0 saturated carbocycles. The van der Waals surface area contributed by atoms with E-state index in [4.69, 9.17) is 106 Å². The van der Waals surface area contributed by atoms with Crippen molar-refractivity contribution in [3.8, 4) is 68.6 Å². The van der Waals surface area contributed by atoms with Gasteiger partial charge in [0.1, 0.15) is 35.5 Å². The van der Waals surface area contributed by atoms with Crippen LogP contribution in [0.2, 0.25) is 5.02 Å².